The van der Waals surface area contributed by atoms with Crippen LogP contribution >= 0.6 is 0 Å². The summed E-state index contributed by atoms with van der Waals surface area (Å²) in [5.74, 6) is 0. The van der Waals surface area contributed by atoms with Gasteiger partial charge in [0, 0.05) is 6.61 Å². The van der Waals surface area contributed by atoms with Gasteiger partial charge < -0.3 is 12.7 Å². The maximum absolute atomic E-state index is 5.62. The van der Waals surface area contributed by atoms with Crippen LogP contribution in [-0.4, -0.2) is 34.9 Å². The first kappa shape index (κ1) is 12.5. The smallest absolute Gasteiger partial charge is 0.295 e. The minimum Gasteiger partial charge on any atom is -0.441 e. The summed E-state index contributed by atoms with van der Waals surface area (Å²) in [6.07, 6.45) is 1.08. The van der Waals surface area contributed by atoms with E-state index in [1.807, 2.05) is 0 Å². The molecule has 0 aliphatic heterocycles. The molecule has 0 aromatic rings. The van der Waals surface area contributed by atoms with Gasteiger partial charge in [0.1, 0.15) is 0 Å². The molecule has 0 saturated heterocycles. The third kappa shape index (κ3) is 10.5. The highest BCUT2D eigenvalue weighted by molar-refractivity contribution is 6.73. The Morgan fingerprint density at radius 3 is 2.33 bits per heavy atom. The molecule has 0 bridgehead atoms. The molecule has 3 nitrogen and oxygen atoms in total. The van der Waals surface area contributed by atoms with Crippen molar-refractivity contribution >= 4 is 28.3 Å². The van der Waals surface area contributed by atoms with E-state index in [0.29, 0.717) is 0 Å². The van der Waals surface area contributed by atoms with Crippen molar-refractivity contribution in [2.45, 2.75) is 33.0 Å². The van der Waals surface area contributed by atoms with Gasteiger partial charge in [-0.25, -0.2) is 0 Å². The van der Waals surface area contributed by atoms with Gasteiger partial charge in [-0.2, -0.15) is 0 Å². The van der Waals surface area contributed by atoms with E-state index in [9.17, 15) is 0 Å². The molecule has 0 aliphatic rings. The summed E-state index contributed by atoms with van der Waals surface area (Å²) in [5, 5.41) is 0. The van der Waals surface area contributed by atoms with Crippen LogP contribution in [0.25, 0.3) is 0 Å². The lowest BCUT2D eigenvalue weighted by Gasteiger charge is -2.17. The van der Waals surface area contributed by atoms with Crippen molar-refractivity contribution in [2.75, 3.05) is 6.61 Å². The molecule has 0 saturated carbocycles. The van der Waals surface area contributed by atoms with Gasteiger partial charge in [-0.15, -0.1) is 0 Å². The van der Waals surface area contributed by atoms with Crippen LogP contribution < -0.4 is 0 Å². The summed E-state index contributed by atoms with van der Waals surface area (Å²) in [4.78, 5) is 0. The second-order valence-corrected chi connectivity index (χ2v) is 11.5. The minimum absolute atomic E-state index is 0.710. The lowest BCUT2D eigenvalue weighted by molar-refractivity contribution is 0.283. The van der Waals surface area contributed by atoms with E-state index in [0.717, 1.165) is 13.0 Å². The molecule has 0 aromatic heterocycles. The van der Waals surface area contributed by atoms with Gasteiger partial charge in [0.25, 0.3) is 20.0 Å². The Bertz CT molecular complexity index is 105. The minimum atomic E-state index is -1.32. The molecule has 0 amide bonds. The van der Waals surface area contributed by atoms with Crippen LogP contribution in [-0.2, 0) is 12.7 Å². The number of hydrogen-bond acceptors (Lipinski definition) is 3. The molecule has 0 unspecified atom stereocenters. The van der Waals surface area contributed by atoms with Crippen LogP contribution in [0.3, 0.4) is 0 Å². The van der Waals surface area contributed by atoms with Crippen molar-refractivity contribution < 1.29 is 12.7 Å². The third-order valence-electron chi connectivity index (χ3n) is 1.09. The second-order valence-electron chi connectivity index (χ2n) is 3.60. The summed E-state index contributed by atoms with van der Waals surface area (Å²) < 4.78 is 16.3. The average Bonchev–Trinajstić information content (AvgIpc) is 1.94. The third-order valence-corrected chi connectivity index (χ3v) is 6.81. The van der Waals surface area contributed by atoms with Crippen LogP contribution in [0, 0.1) is 0 Å². The molecular weight excluding hydrogens is 204 g/mol. The molecule has 12 heavy (non-hydrogen) atoms. The van der Waals surface area contributed by atoms with Crippen molar-refractivity contribution in [2.24, 2.45) is 0 Å². The molecular formula is C6H20O3Si3. The fraction of sp³-hybridized carbons (Fsp3) is 1.00. The highest BCUT2D eigenvalue weighted by atomic mass is 28.4. The molecule has 0 radical (unpaired) electrons. The van der Waals surface area contributed by atoms with Gasteiger partial charge in [-0.1, -0.05) is 6.92 Å². The largest absolute Gasteiger partial charge is 0.441 e. The normalized spacial score (nSPS) is 14.0. The summed E-state index contributed by atoms with van der Waals surface area (Å²) in [7, 11) is -2.75. The van der Waals surface area contributed by atoms with E-state index in [1.54, 1.807) is 0 Å². The molecule has 0 atom stereocenters. The highest BCUT2D eigenvalue weighted by Crippen LogP contribution is 2.00. The van der Waals surface area contributed by atoms with E-state index in [2.05, 4.69) is 26.6 Å². The molecule has 0 spiro atoms. The van der Waals surface area contributed by atoms with Gasteiger partial charge in [-0.05, 0) is 26.1 Å². The Labute approximate surface area is 81.1 Å². The standard InChI is InChI=1S/C6H20O3Si3/c1-5-6-7-10-8-11-9-12(2,3)4/h5-6,10-11H2,1-4H3. The van der Waals surface area contributed by atoms with Gasteiger partial charge in [0.2, 0.25) is 0 Å². The van der Waals surface area contributed by atoms with Gasteiger partial charge in [0.05, 0.1) is 0 Å². The van der Waals surface area contributed by atoms with Crippen LogP contribution in [0.5, 0.6) is 0 Å². The Kier molecular flexibility index (Phi) is 7.29. The molecule has 0 heterocycles. The summed E-state index contributed by atoms with van der Waals surface area (Å²) >= 11 is 0. The fourth-order valence-corrected chi connectivity index (χ4v) is 4.16. The summed E-state index contributed by atoms with van der Waals surface area (Å²) in [6.45, 7) is 9.48. The first-order chi connectivity index (χ1) is 5.56. The van der Waals surface area contributed by atoms with Crippen LogP contribution in [0.15, 0.2) is 0 Å². The highest BCUT2D eigenvalue weighted by Gasteiger charge is 2.12. The zero-order chi connectivity index (χ0) is 9.45. The second kappa shape index (κ2) is 6.98. The Hall–Kier alpha value is 0.531. The van der Waals surface area contributed by atoms with Gasteiger partial charge >= 0.3 is 0 Å². The van der Waals surface area contributed by atoms with E-state index >= 15 is 0 Å². The zero-order valence-electron chi connectivity index (χ0n) is 8.55. The van der Waals surface area contributed by atoms with Crippen LogP contribution in [0.2, 0.25) is 19.6 Å². The topological polar surface area (TPSA) is 27.7 Å². The summed E-state index contributed by atoms with van der Waals surface area (Å²) in [5.41, 5.74) is 0. The first-order valence-corrected chi connectivity index (χ1v) is 10.1. The van der Waals surface area contributed by atoms with Gasteiger partial charge in [-0.3, -0.25) is 0 Å². The van der Waals surface area contributed by atoms with Crippen molar-refractivity contribution in [3.63, 3.8) is 0 Å². The predicted octanol–water partition coefficient (Wildman–Crippen LogP) is 0.279. The molecule has 0 rings (SSSR count). The lowest BCUT2D eigenvalue weighted by atomic mass is 10.5. The van der Waals surface area contributed by atoms with Crippen molar-refractivity contribution in [1.82, 2.24) is 0 Å². The molecule has 74 valence electrons. The van der Waals surface area contributed by atoms with Gasteiger partial charge in [0.15, 0.2) is 8.32 Å². The monoisotopic (exact) mass is 224 g/mol. The van der Waals surface area contributed by atoms with E-state index in [4.69, 9.17) is 12.7 Å². The SMILES string of the molecule is CCCO[SiH2]O[SiH2]O[Si](C)(C)C. The maximum Gasteiger partial charge on any atom is 0.295 e. The molecule has 0 fully saturated rings. The Morgan fingerprint density at radius 2 is 1.83 bits per heavy atom. The molecule has 0 aliphatic carbocycles. The number of rotatable bonds is 7. The fourth-order valence-electron chi connectivity index (χ4n) is 0.515. The molecule has 0 aromatic carbocycles. The van der Waals surface area contributed by atoms with E-state index in [-0.39, 0.29) is 0 Å². The van der Waals surface area contributed by atoms with Crippen molar-refractivity contribution in [3.05, 3.63) is 0 Å². The molecule has 6 heteroatoms. The van der Waals surface area contributed by atoms with E-state index in [1.165, 1.54) is 0 Å². The van der Waals surface area contributed by atoms with Crippen LogP contribution in [0.4, 0.5) is 0 Å². The maximum atomic E-state index is 5.62. The molecule has 0 N–H and O–H groups in total. The predicted molar refractivity (Wildman–Crippen MR) is 58.8 cm³/mol. The quantitative estimate of drug-likeness (QED) is 0.459. The zero-order valence-corrected chi connectivity index (χ0v) is 12.4. The van der Waals surface area contributed by atoms with E-state index < -0.39 is 28.3 Å². The van der Waals surface area contributed by atoms with Crippen molar-refractivity contribution in [3.8, 4) is 0 Å². The summed E-state index contributed by atoms with van der Waals surface area (Å²) in [6, 6.07) is 0. The van der Waals surface area contributed by atoms with Crippen LogP contribution in [0.1, 0.15) is 13.3 Å². The average molecular weight is 224 g/mol. The number of hydrogen-bond donors (Lipinski definition) is 0. The Balaban J connectivity index is 3.01. The first-order valence-electron chi connectivity index (χ1n) is 4.35. The van der Waals surface area contributed by atoms with Crippen molar-refractivity contribution in [1.29, 1.82) is 0 Å². The Morgan fingerprint density at radius 1 is 1.17 bits per heavy atom. The lowest BCUT2D eigenvalue weighted by Crippen LogP contribution is -2.29.